The summed E-state index contributed by atoms with van der Waals surface area (Å²) < 4.78 is 1.61. The number of rotatable bonds is 3. The fraction of sp³-hybridized carbons (Fsp3) is 0.286. The van der Waals surface area contributed by atoms with Gasteiger partial charge in [0, 0.05) is 38.6 Å². The van der Waals surface area contributed by atoms with Crippen LogP contribution >= 0.6 is 0 Å². The quantitative estimate of drug-likeness (QED) is 0.829. The molecule has 0 amide bonds. The Morgan fingerprint density at radius 2 is 2.06 bits per heavy atom. The Labute approximate surface area is 107 Å². The predicted molar refractivity (Wildman–Crippen MR) is 72.1 cm³/mol. The second kappa shape index (κ2) is 5.04. The molecule has 0 atom stereocenters. The summed E-state index contributed by atoms with van der Waals surface area (Å²) in [5.41, 5.74) is 1.61. The lowest BCUT2D eigenvalue weighted by Crippen LogP contribution is -2.19. The van der Waals surface area contributed by atoms with Gasteiger partial charge in [0.1, 0.15) is 5.82 Å². The zero-order valence-corrected chi connectivity index (χ0v) is 10.9. The zero-order valence-electron chi connectivity index (χ0n) is 10.9. The molecule has 0 aliphatic carbocycles. The van der Waals surface area contributed by atoms with Crippen molar-refractivity contribution in [2.24, 2.45) is 0 Å². The molecule has 1 aromatic carbocycles. The first-order valence-corrected chi connectivity index (χ1v) is 5.98. The van der Waals surface area contributed by atoms with Gasteiger partial charge in [-0.3, -0.25) is 9.36 Å². The van der Waals surface area contributed by atoms with Gasteiger partial charge in [-0.15, -0.1) is 0 Å². The summed E-state index contributed by atoms with van der Waals surface area (Å²) in [5, 5.41) is 0. The summed E-state index contributed by atoms with van der Waals surface area (Å²) in [6, 6.07) is 7.59. The second-order valence-corrected chi connectivity index (χ2v) is 4.28. The number of anilines is 1. The third-order valence-corrected chi connectivity index (χ3v) is 2.87. The summed E-state index contributed by atoms with van der Waals surface area (Å²) in [6.07, 6.45) is 4.12. The number of carbonyl (C=O) groups is 1. The van der Waals surface area contributed by atoms with Crippen LogP contribution in [0.4, 0.5) is 5.69 Å². The van der Waals surface area contributed by atoms with Crippen LogP contribution in [0.25, 0.3) is 0 Å². The summed E-state index contributed by atoms with van der Waals surface area (Å²) in [6.45, 7) is 1.99. The van der Waals surface area contributed by atoms with Gasteiger partial charge in [-0.1, -0.05) is 19.1 Å². The van der Waals surface area contributed by atoms with Gasteiger partial charge in [0.25, 0.3) is 5.91 Å². The minimum atomic E-state index is -0.0337. The minimum absolute atomic E-state index is 0.0337. The number of imidazole rings is 1. The molecule has 1 heterocycles. The molecule has 4 nitrogen and oxygen atoms in total. The van der Waals surface area contributed by atoms with Crippen molar-refractivity contribution < 1.29 is 4.79 Å². The molecule has 0 unspecified atom stereocenters. The number of carbonyl (C=O) groups excluding carboxylic acids is 1. The first-order valence-electron chi connectivity index (χ1n) is 5.98. The first kappa shape index (κ1) is 12.4. The molecule has 0 saturated carbocycles. The number of para-hydroxylation sites is 1. The molecule has 0 N–H and O–H groups in total. The van der Waals surface area contributed by atoms with E-state index in [0.717, 1.165) is 17.9 Å². The van der Waals surface area contributed by atoms with Crippen molar-refractivity contribution in [3.8, 4) is 0 Å². The maximum absolute atomic E-state index is 12.5. The molecular weight excluding hydrogens is 226 g/mol. The largest absolute Gasteiger partial charge is 0.377 e. The van der Waals surface area contributed by atoms with E-state index in [2.05, 4.69) is 4.98 Å². The molecule has 4 heteroatoms. The van der Waals surface area contributed by atoms with Crippen molar-refractivity contribution in [2.45, 2.75) is 13.3 Å². The highest BCUT2D eigenvalue weighted by molar-refractivity contribution is 6.01. The van der Waals surface area contributed by atoms with Crippen LogP contribution in [0.3, 0.4) is 0 Å². The Hall–Kier alpha value is -2.10. The first-order chi connectivity index (χ1) is 8.65. The fourth-order valence-electron chi connectivity index (χ4n) is 1.96. The average molecular weight is 243 g/mol. The Bertz CT molecular complexity index is 558. The van der Waals surface area contributed by atoms with Crippen molar-refractivity contribution >= 4 is 11.6 Å². The van der Waals surface area contributed by atoms with Crippen LogP contribution in [0.15, 0.2) is 36.7 Å². The molecule has 0 saturated heterocycles. The Balaban J connectivity index is 2.46. The van der Waals surface area contributed by atoms with E-state index >= 15 is 0 Å². The molecule has 18 heavy (non-hydrogen) atoms. The third-order valence-electron chi connectivity index (χ3n) is 2.87. The lowest BCUT2D eigenvalue weighted by molar-refractivity contribution is 0.0957. The third kappa shape index (κ3) is 2.14. The van der Waals surface area contributed by atoms with Crippen molar-refractivity contribution in [1.82, 2.24) is 9.55 Å². The van der Waals surface area contributed by atoms with Crippen LogP contribution in [0.1, 0.15) is 23.1 Å². The zero-order chi connectivity index (χ0) is 13.1. The van der Waals surface area contributed by atoms with Gasteiger partial charge in [-0.05, 0) is 12.1 Å². The van der Waals surface area contributed by atoms with Crippen molar-refractivity contribution in [2.75, 3.05) is 19.0 Å². The van der Waals surface area contributed by atoms with Crippen LogP contribution in [-0.4, -0.2) is 29.6 Å². The van der Waals surface area contributed by atoms with E-state index in [-0.39, 0.29) is 5.91 Å². The van der Waals surface area contributed by atoms with E-state index in [1.165, 1.54) is 0 Å². The molecular formula is C14H17N3O. The molecule has 1 aromatic heterocycles. The number of nitrogens with zero attached hydrogens (tertiary/aromatic N) is 3. The van der Waals surface area contributed by atoms with E-state index in [4.69, 9.17) is 0 Å². The summed E-state index contributed by atoms with van der Waals surface area (Å²) in [5.74, 6) is 0.752. The van der Waals surface area contributed by atoms with Gasteiger partial charge in [0.15, 0.2) is 0 Å². The highest BCUT2D eigenvalue weighted by Crippen LogP contribution is 2.19. The molecule has 0 fully saturated rings. The van der Waals surface area contributed by atoms with Gasteiger partial charge < -0.3 is 4.90 Å². The van der Waals surface area contributed by atoms with Crippen molar-refractivity contribution in [3.05, 3.63) is 48.0 Å². The lowest BCUT2D eigenvalue weighted by Gasteiger charge is -2.17. The standard InChI is InChI=1S/C14H17N3O/c1-4-13-15-9-10-17(13)14(18)11-7-5-6-8-12(11)16(2)3/h5-10H,4H2,1-3H3. The van der Waals surface area contributed by atoms with E-state index in [1.807, 2.05) is 50.2 Å². The SMILES string of the molecule is CCc1nccn1C(=O)c1ccccc1N(C)C. The van der Waals surface area contributed by atoms with Crippen LogP contribution < -0.4 is 4.90 Å². The monoisotopic (exact) mass is 243 g/mol. The van der Waals surface area contributed by atoms with Crippen LogP contribution in [0, 0.1) is 0 Å². The fourth-order valence-corrected chi connectivity index (χ4v) is 1.96. The van der Waals surface area contributed by atoms with Crippen LogP contribution in [-0.2, 0) is 6.42 Å². The normalized spacial score (nSPS) is 10.4. The Kier molecular flexibility index (Phi) is 3.46. The van der Waals surface area contributed by atoms with E-state index < -0.39 is 0 Å². The van der Waals surface area contributed by atoms with Gasteiger partial charge >= 0.3 is 0 Å². The van der Waals surface area contributed by atoms with E-state index in [1.54, 1.807) is 17.0 Å². The topological polar surface area (TPSA) is 38.1 Å². The summed E-state index contributed by atoms with van der Waals surface area (Å²) >= 11 is 0. The molecule has 0 spiro atoms. The van der Waals surface area contributed by atoms with Gasteiger partial charge in [0.2, 0.25) is 0 Å². The number of aromatic nitrogens is 2. The van der Waals surface area contributed by atoms with Gasteiger partial charge in [0.05, 0.1) is 5.56 Å². The highest BCUT2D eigenvalue weighted by Gasteiger charge is 2.16. The molecule has 0 aliphatic rings. The molecule has 0 radical (unpaired) electrons. The molecule has 2 aromatic rings. The maximum Gasteiger partial charge on any atom is 0.265 e. The second-order valence-electron chi connectivity index (χ2n) is 4.28. The average Bonchev–Trinajstić information content (AvgIpc) is 2.86. The van der Waals surface area contributed by atoms with Gasteiger partial charge in [-0.2, -0.15) is 0 Å². The number of hydrogen-bond donors (Lipinski definition) is 0. The lowest BCUT2D eigenvalue weighted by atomic mass is 10.1. The summed E-state index contributed by atoms with van der Waals surface area (Å²) in [4.78, 5) is 18.6. The molecule has 94 valence electrons. The summed E-state index contributed by atoms with van der Waals surface area (Å²) in [7, 11) is 3.86. The van der Waals surface area contributed by atoms with E-state index in [9.17, 15) is 4.79 Å². The number of hydrogen-bond acceptors (Lipinski definition) is 3. The maximum atomic E-state index is 12.5. The smallest absolute Gasteiger partial charge is 0.265 e. The highest BCUT2D eigenvalue weighted by atomic mass is 16.2. The van der Waals surface area contributed by atoms with Crippen molar-refractivity contribution in [3.63, 3.8) is 0 Å². The van der Waals surface area contributed by atoms with Crippen molar-refractivity contribution in [1.29, 1.82) is 0 Å². The van der Waals surface area contributed by atoms with Gasteiger partial charge in [-0.25, -0.2) is 4.98 Å². The molecule has 2 rings (SSSR count). The predicted octanol–water partition coefficient (Wildman–Crippen LogP) is 2.20. The molecule has 0 bridgehead atoms. The Morgan fingerprint density at radius 3 is 2.72 bits per heavy atom. The van der Waals surface area contributed by atoms with Crippen LogP contribution in [0.5, 0.6) is 0 Å². The Morgan fingerprint density at radius 1 is 1.33 bits per heavy atom. The van der Waals surface area contributed by atoms with E-state index in [0.29, 0.717) is 5.56 Å². The minimum Gasteiger partial charge on any atom is -0.377 e. The van der Waals surface area contributed by atoms with Crippen LogP contribution in [0.2, 0.25) is 0 Å². The number of aryl methyl sites for hydroxylation is 1. The number of benzene rings is 1. The molecule has 0 aliphatic heterocycles.